The van der Waals surface area contributed by atoms with E-state index in [0.717, 1.165) is 0 Å². The number of aliphatic hydroxyl groups is 3. The molecule has 3 heterocycles. The minimum absolute atomic E-state index is 0.196. The number of fused-ring (bicyclic) bond motifs is 3. The van der Waals surface area contributed by atoms with Crippen molar-refractivity contribution in [2.75, 3.05) is 0 Å². The molecule has 2 aromatic carbocycles. The molecule has 0 bridgehead atoms. The molecule has 0 saturated carbocycles. The number of aliphatic carboxylic acids is 1. The largest absolute Gasteiger partial charge is 0.479 e. The van der Waals surface area contributed by atoms with Crippen LogP contribution in [0.2, 0.25) is 10.0 Å². The fourth-order valence-corrected chi connectivity index (χ4v) is 4.62. The zero-order valence-corrected chi connectivity index (χ0v) is 20.1. The van der Waals surface area contributed by atoms with Crippen molar-refractivity contribution in [2.24, 2.45) is 4.99 Å². The number of nitrogens with zero attached hydrogens (tertiary/aromatic N) is 4. The molecule has 1 saturated heterocycles. The highest BCUT2D eigenvalue weighted by atomic mass is 35.5. The van der Waals surface area contributed by atoms with Gasteiger partial charge in [0.2, 0.25) is 6.23 Å². The van der Waals surface area contributed by atoms with Gasteiger partial charge < -0.3 is 29.9 Å². The fraction of sp³-hybridized carbons (Fsp3) is 0.304. The summed E-state index contributed by atoms with van der Waals surface area (Å²) in [6.45, 7) is 1.72. The zero-order valence-electron chi connectivity index (χ0n) is 18.6. The Balaban J connectivity index is 1.66. The molecule has 0 spiro atoms. The Morgan fingerprint density at radius 2 is 1.78 bits per heavy atom. The molecule has 1 fully saturated rings. The van der Waals surface area contributed by atoms with Crippen molar-refractivity contribution in [2.45, 2.75) is 43.9 Å². The van der Waals surface area contributed by atoms with Gasteiger partial charge in [0, 0.05) is 21.2 Å². The van der Waals surface area contributed by atoms with Gasteiger partial charge in [-0.3, -0.25) is 4.57 Å². The van der Waals surface area contributed by atoms with Gasteiger partial charge in [0.05, 0.1) is 11.4 Å². The number of carbonyl (C=O) groups is 1. The Hall–Kier alpha value is -2.90. The summed E-state index contributed by atoms with van der Waals surface area (Å²) in [4.78, 5) is 16.3. The number of aromatic nitrogens is 3. The summed E-state index contributed by atoms with van der Waals surface area (Å²) in [6.07, 6.45) is -10.3. The van der Waals surface area contributed by atoms with E-state index >= 15 is 0 Å². The molecule has 0 unspecified atom stereocenters. The van der Waals surface area contributed by atoms with E-state index in [4.69, 9.17) is 37.7 Å². The Kier molecular flexibility index (Phi) is 6.55. The number of benzene rings is 2. The van der Waals surface area contributed by atoms with Gasteiger partial charge in [0.25, 0.3) is 0 Å². The van der Waals surface area contributed by atoms with E-state index in [1.807, 2.05) is 0 Å². The summed E-state index contributed by atoms with van der Waals surface area (Å²) < 4.78 is 12.9. The van der Waals surface area contributed by atoms with Crippen LogP contribution in [0.3, 0.4) is 0 Å². The predicted octanol–water partition coefficient (Wildman–Crippen LogP) is 1.64. The predicted molar refractivity (Wildman–Crippen MR) is 126 cm³/mol. The molecule has 3 aromatic rings. The van der Waals surface area contributed by atoms with Crippen LogP contribution in [0.5, 0.6) is 0 Å². The first-order valence-corrected chi connectivity index (χ1v) is 11.6. The van der Waals surface area contributed by atoms with Crippen molar-refractivity contribution >= 4 is 34.9 Å². The van der Waals surface area contributed by atoms with Gasteiger partial charge in [-0.2, -0.15) is 0 Å². The van der Waals surface area contributed by atoms with Crippen LogP contribution >= 0.6 is 23.2 Å². The van der Waals surface area contributed by atoms with Gasteiger partial charge in [-0.1, -0.05) is 41.4 Å². The van der Waals surface area contributed by atoms with E-state index in [1.54, 1.807) is 54.0 Å². The first kappa shape index (κ1) is 24.8. The van der Waals surface area contributed by atoms with E-state index < -0.39 is 42.9 Å². The van der Waals surface area contributed by atoms with Crippen molar-refractivity contribution in [3.8, 4) is 5.69 Å². The van der Waals surface area contributed by atoms with Crippen molar-refractivity contribution in [3.63, 3.8) is 0 Å². The molecule has 6 atom stereocenters. The molecule has 5 rings (SSSR count). The first-order valence-electron chi connectivity index (χ1n) is 10.8. The Labute approximate surface area is 214 Å². The molecular formula is C23H20Cl2N4O7. The van der Waals surface area contributed by atoms with E-state index in [0.29, 0.717) is 38.4 Å². The molecule has 188 valence electrons. The second-order valence-electron chi connectivity index (χ2n) is 8.28. The van der Waals surface area contributed by atoms with Crippen molar-refractivity contribution in [3.05, 3.63) is 75.3 Å². The smallest absolute Gasteiger partial charge is 0.335 e. The topological polar surface area (TPSA) is 160 Å². The lowest BCUT2D eigenvalue weighted by Gasteiger charge is -2.39. The van der Waals surface area contributed by atoms with E-state index in [-0.39, 0.29) is 5.82 Å². The van der Waals surface area contributed by atoms with Crippen LogP contribution < -0.4 is 0 Å². The number of rotatable bonds is 4. The van der Waals surface area contributed by atoms with E-state index in [1.165, 1.54) is 0 Å². The lowest BCUT2D eigenvalue weighted by atomic mass is 9.99. The number of hydrogen-bond donors (Lipinski definition) is 4. The van der Waals surface area contributed by atoms with Crippen molar-refractivity contribution in [1.82, 2.24) is 14.8 Å². The number of ether oxygens (including phenoxy) is 2. The highest BCUT2D eigenvalue weighted by Gasteiger charge is 2.48. The number of aryl methyl sites for hydroxylation is 1. The summed E-state index contributed by atoms with van der Waals surface area (Å²) in [6, 6.07) is 12.2. The number of aliphatic hydroxyl groups excluding tert-OH is 3. The molecule has 0 radical (unpaired) electrons. The lowest BCUT2D eigenvalue weighted by molar-refractivity contribution is -0.305. The van der Waals surface area contributed by atoms with Crippen LogP contribution in [0.25, 0.3) is 5.69 Å². The summed E-state index contributed by atoms with van der Waals surface area (Å²) in [5.41, 5.74) is 2.16. The number of halogens is 2. The van der Waals surface area contributed by atoms with Gasteiger partial charge in [-0.15, -0.1) is 10.2 Å². The third-order valence-corrected chi connectivity index (χ3v) is 6.54. The minimum Gasteiger partial charge on any atom is -0.479 e. The fourth-order valence-electron chi connectivity index (χ4n) is 4.22. The Morgan fingerprint density at radius 1 is 1.03 bits per heavy atom. The van der Waals surface area contributed by atoms with Crippen LogP contribution in [0.1, 0.15) is 29.0 Å². The van der Waals surface area contributed by atoms with E-state index in [9.17, 15) is 25.2 Å². The maximum Gasteiger partial charge on any atom is 0.335 e. The zero-order chi connectivity index (χ0) is 25.7. The monoisotopic (exact) mass is 534 g/mol. The maximum atomic E-state index is 11.6. The molecule has 4 N–H and O–H groups in total. The molecule has 0 aliphatic carbocycles. The van der Waals surface area contributed by atoms with Crippen molar-refractivity contribution in [1.29, 1.82) is 0 Å². The Bertz CT molecular complexity index is 1360. The summed E-state index contributed by atoms with van der Waals surface area (Å²) in [7, 11) is 0. The molecule has 2 aliphatic rings. The molecule has 36 heavy (non-hydrogen) atoms. The Morgan fingerprint density at radius 3 is 2.50 bits per heavy atom. The SMILES string of the molecule is Cc1nnc2n1-c1ccc(Cl)cc1C(c1ccccc1Cl)=N[C@@H]2O[C@H]1O[C@@H](C(=O)O)[C@H](O)[C@@H](O)[C@@H]1O. The number of hydrogen-bond acceptors (Lipinski definition) is 9. The molecule has 2 aliphatic heterocycles. The average Bonchev–Trinajstić information content (AvgIpc) is 3.17. The quantitative estimate of drug-likeness (QED) is 0.390. The number of carboxylic acids is 1. The standard InChI is InChI=1S/C23H20Cl2N4O7/c1-9-27-28-20-21(36-23-18(32)16(30)17(31)19(35-23)22(33)34)26-15(11-4-2-3-5-13(11)25)12-8-10(24)6-7-14(12)29(9)20/h2-8,16-19,21,23,30-32H,1H3,(H,33,34)/t16-,17-,18+,19-,21-,23-/m1/s1. The van der Waals surface area contributed by atoms with Crippen molar-refractivity contribution < 1.29 is 34.7 Å². The van der Waals surface area contributed by atoms with Crippen LogP contribution in [-0.4, -0.2) is 77.6 Å². The number of carboxylic acid groups (broad SMARTS) is 1. The van der Waals surface area contributed by atoms with Crippen LogP contribution in [0.15, 0.2) is 47.5 Å². The highest BCUT2D eigenvalue weighted by molar-refractivity contribution is 6.36. The molecule has 13 heteroatoms. The third kappa shape index (κ3) is 4.18. The average molecular weight is 535 g/mol. The number of aliphatic imine (C=N–C) groups is 1. The molecular weight excluding hydrogens is 515 g/mol. The van der Waals surface area contributed by atoms with Crippen LogP contribution in [-0.2, 0) is 14.3 Å². The van der Waals surface area contributed by atoms with Gasteiger partial charge in [0.1, 0.15) is 24.1 Å². The minimum atomic E-state index is -1.87. The summed E-state index contributed by atoms with van der Waals surface area (Å²) >= 11 is 12.8. The summed E-state index contributed by atoms with van der Waals surface area (Å²) in [5.74, 6) is -0.854. The third-order valence-electron chi connectivity index (χ3n) is 5.98. The maximum absolute atomic E-state index is 11.6. The summed E-state index contributed by atoms with van der Waals surface area (Å²) in [5, 5.41) is 49.3. The normalized spacial score (nSPS) is 27.6. The lowest BCUT2D eigenvalue weighted by Crippen LogP contribution is -2.60. The molecule has 11 nitrogen and oxygen atoms in total. The molecule has 0 amide bonds. The molecule has 1 aromatic heterocycles. The first-order chi connectivity index (χ1) is 17.2. The van der Waals surface area contributed by atoms with Gasteiger partial charge in [0.15, 0.2) is 18.2 Å². The second-order valence-corrected chi connectivity index (χ2v) is 9.13. The van der Waals surface area contributed by atoms with Gasteiger partial charge in [-0.25, -0.2) is 9.79 Å². The van der Waals surface area contributed by atoms with Gasteiger partial charge >= 0.3 is 5.97 Å². The highest BCUT2D eigenvalue weighted by Crippen LogP contribution is 2.36. The second kappa shape index (κ2) is 9.52. The van der Waals surface area contributed by atoms with Crippen LogP contribution in [0, 0.1) is 6.92 Å². The van der Waals surface area contributed by atoms with Crippen LogP contribution in [0.4, 0.5) is 0 Å². The van der Waals surface area contributed by atoms with E-state index in [2.05, 4.69) is 10.2 Å². The van der Waals surface area contributed by atoms with Gasteiger partial charge in [-0.05, 0) is 31.2 Å².